The smallest absolute Gasteiger partial charge is 0.165 e. The van der Waals surface area contributed by atoms with E-state index < -0.39 is 0 Å². The van der Waals surface area contributed by atoms with E-state index in [1.807, 2.05) is 6.07 Å². The van der Waals surface area contributed by atoms with Gasteiger partial charge in [-0.05, 0) is 43.6 Å². The van der Waals surface area contributed by atoms with Crippen LogP contribution in [-0.2, 0) is 0 Å². The van der Waals surface area contributed by atoms with E-state index in [1.165, 1.54) is 13.2 Å². The molecule has 0 amide bonds. The second-order valence-electron chi connectivity index (χ2n) is 5.35. The summed E-state index contributed by atoms with van der Waals surface area (Å²) < 4.78 is 19.0. The molecule has 0 aliphatic carbocycles. The minimum absolute atomic E-state index is 0.148. The lowest BCUT2D eigenvalue weighted by Crippen LogP contribution is -2.54. The van der Waals surface area contributed by atoms with Crippen LogP contribution in [0.3, 0.4) is 0 Å². The first-order chi connectivity index (χ1) is 10.00. The number of benzene rings is 1. The fraction of sp³-hybridized carbons (Fsp3) is 0.647. The fourth-order valence-corrected chi connectivity index (χ4v) is 3.37. The SMILES string of the molecule is CCN(CC)C(CC)(CC)C(N)c1ccc(OC)c(F)c1. The van der Waals surface area contributed by atoms with Crippen molar-refractivity contribution in [2.24, 2.45) is 5.73 Å². The predicted octanol–water partition coefficient (Wildman–Crippen LogP) is 3.73. The van der Waals surface area contributed by atoms with E-state index in [1.54, 1.807) is 6.07 Å². The third-order valence-electron chi connectivity index (χ3n) is 4.73. The summed E-state index contributed by atoms with van der Waals surface area (Å²) >= 11 is 0. The number of hydrogen-bond donors (Lipinski definition) is 1. The van der Waals surface area contributed by atoms with Gasteiger partial charge >= 0.3 is 0 Å². The molecule has 21 heavy (non-hydrogen) atoms. The van der Waals surface area contributed by atoms with E-state index in [9.17, 15) is 4.39 Å². The van der Waals surface area contributed by atoms with E-state index in [4.69, 9.17) is 10.5 Å². The third-order valence-corrected chi connectivity index (χ3v) is 4.73. The Balaban J connectivity index is 3.22. The molecule has 3 nitrogen and oxygen atoms in total. The molecule has 120 valence electrons. The summed E-state index contributed by atoms with van der Waals surface area (Å²) in [6.45, 7) is 10.5. The molecule has 0 saturated heterocycles. The van der Waals surface area contributed by atoms with Gasteiger partial charge in [-0.2, -0.15) is 0 Å². The van der Waals surface area contributed by atoms with Crippen molar-refractivity contribution in [1.29, 1.82) is 0 Å². The lowest BCUT2D eigenvalue weighted by atomic mass is 9.79. The summed E-state index contributed by atoms with van der Waals surface area (Å²) in [6.07, 6.45) is 1.86. The van der Waals surface area contributed by atoms with Crippen LogP contribution in [0.5, 0.6) is 5.75 Å². The van der Waals surface area contributed by atoms with E-state index in [-0.39, 0.29) is 23.1 Å². The zero-order chi connectivity index (χ0) is 16.0. The maximum atomic E-state index is 14.0. The Morgan fingerprint density at radius 2 is 1.76 bits per heavy atom. The van der Waals surface area contributed by atoms with Crippen molar-refractivity contribution in [3.05, 3.63) is 29.6 Å². The quantitative estimate of drug-likeness (QED) is 0.794. The Labute approximate surface area is 128 Å². The Bertz CT molecular complexity index is 442. The van der Waals surface area contributed by atoms with Crippen LogP contribution in [0.4, 0.5) is 4.39 Å². The molecule has 2 N–H and O–H groups in total. The van der Waals surface area contributed by atoms with Crippen LogP contribution in [0, 0.1) is 5.82 Å². The number of nitrogens with zero attached hydrogens (tertiary/aromatic N) is 1. The first kappa shape index (κ1) is 17.9. The first-order valence-electron chi connectivity index (χ1n) is 7.84. The van der Waals surface area contributed by atoms with Crippen molar-refractivity contribution < 1.29 is 9.13 Å². The molecule has 1 unspecified atom stereocenters. The predicted molar refractivity (Wildman–Crippen MR) is 86.1 cm³/mol. The number of nitrogens with two attached hydrogens (primary N) is 1. The van der Waals surface area contributed by atoms with Gasteiger partial charge in [-0.15, -0.1) is 0 Å². The standard InChI is InChI=1S/C17H29FN2O/c1-6-17(7-2,20(8-3)9-4)16(19)13-10-11-15(21-5)14(18)12-13/h10-12,16H,6-9,19H2,1-5H3. The average molecular weight is 296 g/mol. The molecule has 1 rings (SSSR count). The highest BCUT2D eigenvalue weighted by Gasteiger charge is 2.38. The minimum atomic E-state index is -0.355. The van der Waals surface area contributed by atoms with Crippen LogP contribution >= 0.6 is 0 Å². The van der Waals surface area contributed by atoms with Crippen molar-refractivity contribution in [3.8, 4) is 5.75 Å². The summed E-state index contributed by atoms with van der Waals surface area (Å²) in [4.78, 5) is 2.39. The Kier molecular flexibility index (Phi) is 6.62. The molecule has 0 aliphatic rings. The Morgan fingerprint density at radius 3 is 2.14 bits per heavy atom. The molecule has 0 aromatic heterocycles. The highest BCUT2D eigenvalue weighted by molar-refractivity contribution is 5.32. The summed E-state index contributed by atoms with van der Waals surface area (Å²) in [7, 11) is 1.47. The second-order valence-corrected chi connectivity index (χ2v) is 5.35. The topological polar surface area (TPSA) is 38.5 Å². The minimum Gasteiger partial charge on any atom is -0.494 e. The molecular weight excluding hydrogens is 267 g/mol. The van der Waals surface area contributed by atoms with Crippen molar-refractivity contribution in [2.45, 2.75) is 52.1 Å². The van der Waals surface area contributed by atoms with E-state index in [0.717, 1.165) is 31.5 Å². The molecular formula is C17H29FN2O. The van der Waals surface area contributed by atoms with Gasteiger partial charge in [0.2, 0.25) is 0 Å². The number of rotatable bonds is 8. The molecule has 0 spiro atoms. The zero-order valence-electron chi connectivity index (χ0n) is 13.9. The molecule has 0 radical (unpaired) electrons. The van der Waals surface area contributed by atoms with Gasteiger partial charge in [0.25, 0.3) is 0 Å². The fourth-order valence-electron chi connectivity index (χ4n) is 3.37. The van der Waals surface area contributed by atoms with Crippen molar-refractivity contribution in [1.82, 2.24) is 4.90 Å². The van der Waals surface area contributed by atoms with Gasteiger partial charge in [-0.25, -0.2) is 4.39 Å². The van der Waals surface area contributed by atoms with Crippen molar-refractivity contribution in [3.63, 3.8) is 0 Å². The van der Waals surface area contributed by atoms with Gasteiger partial charge in [-0.1, -0.05) is 33.8 Å². The maximum absolute atomic E-state index is 14.0. The average Bonchev–Trinajstić information content (AvgIpc) is 2.52. The van der Waals surface area contributed by atoms with Gasteiger partial charge in [0.05, 0.1) is 7.11 Å². The molecule has 0 aliphatic heterocycles. The van der Waals surface area contributed by atoms with Gasteiger partial charge in [-0.3, -0.25) is 4.90 Å². The first-order valence-corrected chi connectivity index (χ1v) is 7.84. The Hall–Kier alpha value is -1.13. The van der Waals surface area contributed by atoms with E-state index in [0.29, 0.717) is 0 Å². The molecule has 0 heterocycles. The van der Waals surface area contributed by atoms with E-state index >= 15 is 0 Å². The highest BCUT2D eigenvalue weighted by atomic mass is 19.1. The molecule has 1 aromatic rings. The Morgan fingerprint density at radius 1 is 1.19 bits per heavy atom. The number of ether oxygens (including phenoxy) is 1. The summed E-state index contributed by atoms with van der Waals surface area (Å²) in [5.74, 6) is -0.0986. The monoisotopic (exact) mass is 296 g/mol. The molecule has 4 heteroatoms. The van der Waals surface area contributed by atoms with Gasteiger partial charge in [0, 0.05) is 11.6 Å². The van der Waals surface area contributed by atoms with Gasteiger partial charge in [0.15, 0.2) is 11.6 Å². The van der Waals surface area contributed by atoms with Crippen LogP contribution in [0.15, 0.2) is 18.2 Å². The van der Waals surface area contributed by atoms with E-state index in [2.05, 4.69) is 32.6 Å². The molecule has 1 atom stereocenters. The second kappa shape index (κ2) is 7.76. The van der Waals surface area contributed by atoms with Crippen molar-refractivity contribution >= 4 is 0 Å². The van der Waals surface area contributed by atoms with Crippen LogP contribution in [0.25, 0.3) is 0 Å². The van der Waals surface area contributed by atoms with Crippen LogP contribution in [0.1, 0.15) is 52.1 Å². The van der Waals surface area contributed by atoms with Gasteiger partial charge < -0.3 is 10.5 Å². The highest BCUT2D eigenvalue weighted by Crippen LogP contribution is 2.36. The summed E-state index contributed by atoms with van der Waals surface area (Å²) in [5.41, 5.74) is 7.23. The normalized spacial score (nSPS) is 13.5. The largest absolute Gasteiger partial charge is 0.494 e. The van der Waals surface area contributed by atoms with Gasteiger partial charge in [0.1, 0.15) is 0 Å². The van der Waals surface area contributed by atoms with Crippen molar-refractivity contribution in [2.75, 3.05) is 20.2 Å². The molecule has 0 bridgehead atoms. The maximum Gasteiger partial charge on any atom is 0.165 e. The lowest BCUT2D eigenvalue weighted by Gasteiger charge is -2.46. The third kappa shape index (κ3) is 3.38. The number of methoxy groups -OCH3 is 1. The molecule has 0 fully saturated rings. The summed E-state index contributed by atoms with van der Waals surface area (Å²) in [6, 6.07) is 4.80. The lowest BCUT2D eigenvalue weighted by molar-refractivity contribution is 0.0624. The number of hydrogen-bond acceptors (Lipinski definition) is 3. The number of halogens is 1. The van der Waals surface area contributed by atoms with Crippen LogP contribution < -0.4 is 10.5 Å². The molecule has 0 saturated carbocycles. The van der Waals surface area contributed by atoms with Crippen LogP contribution in [0.2, 0.25) is 0 Å². The van der Waals surface area contributed by atoms with Crippen LogP contribution in [-0.4, -0.2) is 30.6 Å². The molecule has 1 aromatic carbocycles. The number of likely N-dealkylation sites (N-methyl/N-ethyl adjacent to an activating group) is 1. The summed E-state index contributed by atoms with van der Waals surface area (Å²) in [5, 5.41) is 0. The zero-order valence-corrected chi connectivity index (χ0v) is 13.9.